The minimum atomic E-state index is 0.106. The molecule has 0 aromatic carbocycles. The molecule has 2 fully saturated rings. The summed E-state index contributed by atoms with van der Waals surface area (Å²) in [5.41, 5.74) is 5.94. The van der Waals surface area contributed by atoms with Crippen molar-refractivity contribution in [1.82, 2.24) is 0 Å². The van der Waals surface area contributed by atoms with Crippen LogP contribution in [0.4, 0.5) is 0 Å². The second kappa shape index (κ2) is 4.19. The van der Waals surface area contributed by atoms with E-state index in [9.17, 15) is 0 Å². The van der Waals surface area contributed by atoms with Crippen LogP contribution in [0.25, 0.3) is 0 Å². The highest BCUT2D eigenvalue weighted by Gasteiger charge is 2.45. The van der Waals surface area contributed by atoms with E-state index in [4.69, 9.17) is 10.5 Å². The van der Waals surface area contributed by atoms with Gasteiger partial charge in [0.05, 0.1) is 5.60 Å². The maximum absolute atomic E-state index is 6.00. The molecule has 1 saturated carbocycles. The van der Waals surface area contributed by atoms with Gasteiger partial charge in [0, 0.05) is 12.5 Å². The van der Waals surface area contributed by atoms with Gasteiger partial charge in [0.15, 0.2) is 0 Å². The molecule has 14 heavy (non-hydrogen) atoms. The second-order valence-electron chi connectivity index (χ2n) is 5.09. The first-order valence-electron chi connectivity index (χ1n) is 6.11. The molecule has 2 unspecified atom stereocenters. The van der Waals surface area contributed by atoms with Crippen LogP contribution >= 0.6 is 0 Å². The summed E-state index contributed by atoms with van der Waals surface area (Å²) in [6.07, 6.45) is 8.07. The van der Waals surface area contributed by atoms with Gasteiger partial charge in [-0.05, 0) is 38.6 Å². The highest BCUT2D eigenvalue weighted by Crippen LogP contribution is 2.43. The summed E-state index contributed by atoms with van der Waals surface area (Å²) in [7, 11) is 0. The van der Waals surface area contributed by atoms with Crippen LogP contribution in [0.5, 0.6) is 0 Å². The number of hydrogen-bond donors (Lipinski definition) is 1. The van der Waals surface area contributed by atoms with E-state index in [0.29, 0.717) is 5.92 Å². The molecule has 2 rings (SSSR count). The molecule has 1 saturated heterocycles. The molecule has 0 amide bonds. The van der Waals surface area contributed by atoms with Crippen LogP contribution in [0, 0.1) is 11.8 Å². The largest absolute Gasteiger partial charge is 0.375 e. The lowest BCUT2D eigenvalue weighted by Crippen LogP contribution is -2.44. The summed E-state index contributed by atoms with van der Waals surface area (Å²) >= 11 is 0. The highest BCUT2D eigenvalue weighted by atomic mass is 16.5. The molecule has 2 atom stereocenters. The van der Waals surface area contributed by atoms with Crippen molar-refractivity contribution >= 4 is 0 Å². The third kappa shape index (κ3) is 1.70. The Morgan fingerprint density at radius 2 is 1.93 bits per heavy atom. The summed E-state index contributed by atoms with van der Waals surface area (Å²) in [5.74, 6) is 1.37. The average Bonchev–Trinajstić information content (AvgIpc) is 2.62. The first kappa shape index (κ1) is 10.4. The molecule has 0 aromatic heterocycles. The third-order valence-electron chi connectivity index (χ3n) is 4.39. The van der Waals surface area contributed by atoms with E-state index in [1.54, 1.807) is 0 Å². The van der Waals surface area contributed by atoms with Gasteiger partial charge in [0.1, 0.15) is 0 Å². The topological polar surface area (TPSA) is 35.2 Å². The third-order valence-corrected chi connectivity index (χ3v) is 4.39. The fourth-order valence-electron chi connectivity index (χ4n) is 3.30. The van der Waals surface area contributed by atoms with Crippen molar-refractivity contribution in [3.05, 3.63) is 0 Å². The molecule has 0 bridgehead atoms. The maximum Gasteiger partial charge on any atom is 0.0723 e. The molecule has 2 nitrogen and oxygen atoms in total. The fraction of sp³-hybridized carbons (Fsp3) is 1.00. The van der Waals surface area contributed by atoms with Gasteiger partial charge >= 0.3 is 0 Å². The second-order valence-corrected chi connectivity index (χ2v) is 5.09. The van der Waals surface area contributed by atoms with E-state index in [2.05, 4.69) is 6.92 Å². The van der Waals surface area contributed by atoms with Crippen LogP contribution in [-0.4, -0.2) is 18.8 Å². The molecular weight excluding hydrogens is 174 g/mol. The quantitative estimate of drug-likeness (QED) is 0.737. The summed E-state index contributed by atoms with van der Waals surface area (Å²) < 4.78 is 6.00. The summed E-state index contributed by atoms with van der Waals surface area (Å²) in [5, 5.41) is 0. The number of hydrogen-bond acceptors (Lipinski definition) is 2. The molecule has 2 aliphatic rings. The molecule has 2 N–H and O–H groups in total. The van der Waals surface area contributed by atoms with Crippen LogP contribution in [0.15, 0.2) is 0 Å². The molecule has 1 aliphatic carbocycles. The lowest BCUT2D eigenvalue weighted by molar-refractivity contribution is -0.0633. The maximum atomic E-state index is 6.00. The Balaban J connectivity index is 2.04. The number of rotatable bonds is 2. The van der Waals surface area contributed by atoms with Crippen molar-refractivity contribution in [3.8, 4) is 0 Å². The normalized spacial score (nSPS) is 40.3. The zero-order valence-electron chi connectivity index (χ0n) is 9.30. The van der Waals surface area contributed by atoms with Gasteiger partial charge in [-0.25, -0.2) is 0 Å². The number of ether oxygens (including phenoxy) is 1. The standard InChI is InChI=1S/C12H23NO/c1-12(10-5-3-2-4-6-10)11(9-13)7-8-14-12/h10-11H,2-9,13H2,1H3. The molecule has 2 heteroatoms. The monoisotopic (exact) mass is 197 g/mol. The van der Waals surface area contributed by atoms with Crippen LogP contribution in [0.3, 0.4) is 0 Å². The van der Waals surface area contributed by atoms with Crippen molar-refractivity contribution in [2.75, 3.05) is 13.2 Å². The first-order chi connectivity index (χ1) is 6.77. The predicted octanol–water partition coefficient (Wildman–Crippen LogP) is 2.32. The molecule has 0 spiro atoms. The summed E-state index contributed by atoms with van der Waals surface area (Å²) in [6.45, 7) is 4.02. The van der Waals surface area contributed by atoms with E-state index >= 15 is 0 Å². The van der Waals surface area contributed by atoms with Crippen LogP contribution in [-0.2, 0) is 4.74 Å². The zero-order valence-corrected chi connectivity index (χ0v) is 9.30. The van der Waals surface area contributed by atoms with E-state index < -0.39 is 0 Å². The Bertz CT molecular complexity index is 189. The predicted molar refractivity (Wildman–Crippen MR) is 58.1 cm³/mol. The molecular formula is C12H23NO. The smallest absolute Gasteiger partial charge is 0.0723 e. The SMILES string of the molecule is CC1(C2CCCCC2)OCCC1CN. The first-order valence-corrected chi connectivity index (χ1v) is 6.11. The van der Waals surface area contributed by atoms with Crippen LogP contribution in [0.2, 0.25) is 0 Å². The zero-order chi connectivity index (χ0) is 10.0. The number of nitrogens with two attached hydrogens (primary N) is 1. The molecule has 82 valence electrons. The summed E-state index contributed by atoms with van der Waals surface area (Å²) in [4.78, 5) is 0. The molecule has 0 radical (unpaired) electrons. The van der Waals surface area contributed by atoms with Gasteiger partial charge in [-0.2, -0.15) is 0 Å². The van der Waals surface area contributed by atoms with E-state index in [0.717, 1.165) is 19.1 Å². The van der Waals surface area contributed by atoms with Gasteiger partial charge in [-0.1, -0.05) is 19.3 Å². The Morgan fingerprint density at radius 3 is 2.57 bits per heavy atom. The van der Waals surface area contributed by atoms with Gasteiger partial charge < -0.3 is 10.5 Å². The Labute approximate surface area is 87.2 Å². The molecule has 1 heterocycles. The Kier molecular flexibility index (Phi) is 3.13. The van der Waals surface area contributed by atoms with Crippen LogP contribution < -0.4 is 5.73 Å². The van der Waals surface area contributed by atoms with Gasteiger partial charge in [-0.15, -0.1) is 0 Å². The van der Waals surface area contributed by atoms with E-state index in [-0.39, 0.29) is 5.60 Å². The van der Waals surface area contributed by atoms with Crippen LogP contribution in [0.1, 0.15) is 45.4 Å². The lowest BCUT2D eigenvalue weighted by atomic mass is 9.72. The van der Waals surface area contributed by atoms with Gasteiger partial charge in [0.25, 0.3) is 0 Å². The minimum absolute atomic E-state index is 0.106. The van der Waals surface area contributed by atoms with Crippen molar-refractivity contribution in [2.24, 2.45) is 17.6 Å². The minimum Gasteiger partial charge on any atom is -0.375 e. The van der Waals surface area contributed by atoms with Crippen molar-refractivity contribution in [3.63, 3.8) is 0 Å². The Hall–Kier alpha value is -0.0800. The summed E-state index contributed by atoms with van der Waals surface area (Å²) in [6, 6.07) is 0. The molecule has 0 aromatic rings. The van der Waals surface area contributed by atoms with E-state index in [1.807, 2.05) is 0 Å². The van der Waals surface area contributed by atoms with Crippen molar-refractivity contribution < 1.29 is 4.74 Å². The van der Waals surface area contributed by atoms with Gasteiger partial charge in [-0.3, -0.25) is 0 Å². The lowest BCUT2D eigenvalue weighted by Gasteiger charge is -2.40. The van der Waals surface area contributed by atoms with Crippen molar-refractivity contribution in [1.29, 1.82) is 0 Å². The van der Waals surface area contributed by atoms with E-state index in [1.165, 1.54) is 38.5 Å². The van der Waals surface area contributed by atoms with Crippen molar-refractivity contribution in [2.45, 2.75) is 51.0 Å². The Morgan fingerprint density at radius 1 is 1.21 bits per heavy atom. The average molecular weight is 197 g/mol. The van der Waals surface area contributed by atoms with Gasteiger partial charge in [0.2, 0.25) is 0 Å². The fourth-order valence-corrected chi connectivity index (χ4v) is 3.30. The molecule has 1 aliphatic heterocycles. The highest BCUT2D eigenvalue weighted by molar-refractivity contribution is 4.95.